The van der Waals surface area contributed by atoms with Gasteiger partial charge in [-0.3, -0.25) is 9.59 Å². The van der Waals surface area contributed by atoms with Gasteiger partial charge in [0.1, 0.15) is 0 Å². The molecule has 0 aromatic rings. The van der Waals surface area contributed by atoms with Crippen molar-refractivity contribution in [1.82, 2.24) is 4.90 Å². The van der Waals surface area contributed by atoms with Gasteiger partial charge in [-0.15, -0.1) is 0 Å². The third-order valence-electron chi connectivity index (χ3n) is 3.05. The minimum atomic E-state index is -0.922. The maximum absolute atomic E-state index is 11.7. The summed E-state index contributed by atoms with van der Waals surface area (Å²) in [5, 5.41) is 8.50. The highest BCUT2D eigenvalue weighted by molar-refractivity contribution is 5.80. The van der Waals surface area contributed by atoms with Crippen LogP contribution in [0.25, 0.3) is 0 Å². The lowest BCUT2D eigenvalue weighted by Gasteiger charge is -2.15. The Balaban J connectivity index is 2.39. The Kier molecular flexibility index (Phi) is 4.73. The monoisotopic (exact) mass is 229 g/mol. The van der Waals surface area contributed by atoms with Crippen LogP contribution in [0.5, 0.6) is 0 Å². The molecule has 1 amide bonds. The summed E-state index contributed by atoms with van der Waals surface area (Å²) >= 11 is 0. The number of methoxy groups -OCH3 is 1. The number of rotatable bonds is 5. The Bertz CT molecular complexity index is 267. The minimum Gasteiger partial charge on any atom is -0.481 e. The molecule has 2 atom stereocenters. The van der Waals surface area contributed by atoms with Crippen molar-refractivity contribution in [3.63, 3.8) is 0 Å². The largest absolute Gasteiger partial charge is 0.481 e. The lowest BCUT2D eigenvalue weighted by molar-refractivity contribution is -0.140. The number of hydrogen-bond acceptors (Lipinski definition) is 3. The lowest BCUT2D eigenvalue weighted by atomic mass is 10.00. The molecule has 1 aliphatic heterocycles. The van der Waals surface area contributed by atoms with Crippen molar-refractivity contribution in [2.24, 2.45) is 11.8 Å². The Hall–Kier alpha value is -1.10. The molecule has 5 nitrogen and oxygen atoms in total. The van der Waals surface area contributed by atoms with Crippen LogP contribution in [-0.2, 0) is 14.3 Å². The van der Waals surface area contributed by atoms with Crippen molar-refractivity contribution in [3.05, 3.63) is 0 Å². The summed E-state index contributed by atoms with van der Waals surface area (Å²) in [7, 11) is 1.65. The van der Waals surface area contributed by atoms with Crippen LogP contribution in [0.4, 0.5) is 0 Å². The molecule has 0 unspecified atom stereocenters. The average Bonchev–Trinajstić information content (AvgIpc) is 2.57. The van der Waals surface area contributed by atoms with Gasteiger partial charge in [0, 0.05) is 32.5 Å². The van der Waals surface area contributed by atoms with Crippen molar-refractivity contribution in [3.8, 4) is 0 Å². The maximum atomic E-state index is 11.7. The van der Waals surface area contributed by atoms with Gasteiger partial charge in [0.15, 0.2) is 0 Å². The number of likely N-dealkylation sites (tertiary alicyclic amines) is 1. The lowest BCUT2D eigenvalue weighted by Crippen LogP contribution is -2.29. The first kappa shape index (κ1) is 13.0. The molecule has 5 heteroatoms. The number of carbonyl (C=O) groups excluding carboxylic acids is 1. The Morgan fingerprint density at radius 3 is 2.62 bits per heavy atom. The fourth-order valence-corrected chi connectivity index (χ4v) is 2.04. The van der Waals surface area contributed by atoms with Gasteiger partial charge in [-0.2, -0.15) is 0 Å². The van der Waals surface area contributed by atoms with Crippen molar-refractivity contribution < 1.29 is 19.4 Å². The van der Waals surface area contributed by atoms with E-state index in [9.17, 15) is 9.59 Å². The molecule has 0 aliphatic carbocycles. The molecular weight excluding hydrogens is 210 g/mol. The van der Waals surface area contributed by atoms with E-state index in [1.807, 2.05) is 0 Å². The zero-order chi connectivity index (χ0) is 12.1. The summed E-state index contributed by atoms with van der Waals surface area (Å²) in [6.07, 6.45) is 0.0143. The van der Waals surface area contributed by atoms with Gasteiger partial charge in [0.25, 0.3) is 0 Å². The Morgan fingerprint density at radius 1 is 1.38 bits per heavy atom. The van der Waals surface area contributed by atoms with Gasteiger partial charge in [-0.05, 0) is 5.92 Å². The molecular formula is C11H19NO4. The van der Waals surface area contributed by atoms with Crippen LogP contribution in [0.2, 0.25) is 0 Å². The summed E-state index contributed by atoms with van der Waals surface area (Å²) in [6, 6.07) is 0. The molecule has 0 bridgehead atoms. The van der Waals surface area contributed by atoms with E-state index >= 15 is 0 Å². The van der Waals surface area contributed by atoms with Gasteiger partial charge in [-0.25, -0.2) is 0 Å². The van der Waals surface area contributed by atoms with E-state index in [-0.39, 0.29) is 18.7 Å². The van der Waals surface area contributed by atoms with E-state index in [0.717, 1.165) is 0 Å². The van der Waals surface area contributed by atoms with E-state index in [1.165, 1.54) is 0 Å². The fourth-order valence-electron chi connectivity index (χ4n) is 2.04. The molecule has 92 valence electrons. The van der Waals surface area contributed by atoms with Crippen molar-refractivity contribution in [2.75, 3.05) is 26.8 Å². The quantitative estimate of drug-likeness (QED) is 0.749. The number of carboxylic acid groups (broad SMARTS) is 1. The molecule has 1 rings (SSSR count). The highest BCUT2D eigenvalue weighted by atomic mass is 16.5. The standard InChI is InChI=1S/C11H19NO4/c1-8-5-12(6-9(8)7-16-2)10(13)3-4-11(14)15/h8-9H,3-7H2,1-2H3,(H,14,15)/t8-,9+/m0/s1. The van der Waals surface area contributed by atoms with E-state index in [4.69, 9.17) is 9.84 Å². The van der Waals surface area contributed by atoms with Crippen LogP contribution >= 0.6 is 0 Å². The molecule has 0 radical (unpaired) electrons. The maximum Gasteiger partial charge on any atom is 0.303 e. The SMILES string of the molecule is COC[C@H]1CN(C(=O)CCC(=O)O)C[C@@H]1C. The molecule has 0 aromatic heterocycles. The van der Waals surface area contributed by atoms with E-state index in [0.29, 0.717) is 31.5 Å². The van der Waals surface area contributed by atoms with Crippen LogP contribution in [0.15, 0.2) is 0 Å². The molecule has 1 aliphatic rings. The van der Waals surface area contributed by atoms with Crippen molar-refractivity contribution in [1.29, 1.82) is 0 Å². The van der Waals surface area contributed by atoms with E-state index < -0.39 is 5.97 Å². The predicted molar refractivity (Wildman–Crippen MR) is 58.0 cm³/mol. The first-order valence-corrected chi connectivity index (χ1v) is 5.53. The van der Waals surface area contributed by atoms with E-state index in [2.05, 4.69) is 6.92 Å². The van der Waals surface area contributed by atoms with Crippen LogP contribution in [0.3, 0.4) is 0 Å². The third kappa shape index (κ3) is 3.48. The van der Waals surface area contributed by atoms with Gasteiger partial charge < -0.3 is 14.7 Å². The number of aliphatic carboxylic acids is 1. The van der Waals surface area contributed by atoms with Gasteiger partial charge in [0.2, 0.25) is 5.91 Å². The molecule has 0 spiro atoms. The van der Waals surface area contributed by atoms with Gasteiger partial charge in [0.05, 0.1) is 13.0 Å². The summed E-state index contributed by atoms with van der Waals surface area (Å²) in [6.45, 7) is 4.15. The second-order valence-electron chi connectivity index (χ2n) is 4.39. The highest BCUT2D eigenvalue weighted by Crippen LogP contribution is 2.23. The fraction of sp³-hybridized carbons (Fsp3) is 0.818. The molecule has 1 heterocycles. The Labute approximate surface area is 95.4 Å². The first-order chi connectivity index (χ1) is 7.54. The zero-order valence-corrected chi connectivity index (χ0v) is 9.81. The summed E-state index contributed by atoms with van der Waals surface area (Å²) in [5.74, 6) is -0.186. The second kappa shape index (κ2) is 5.84. The minimum absolute atomic E-state index is 0.0622. The number of ether oxygens (including phenoxy) is 1. The van der Waals surface area contributed by atoms with Crippen molar-refractivity contribution in [2.45, 2.75) is 19.8 Å². The van der Waals surface area contributed by atoms with Gasteiger partial charge in [-0.1, -0.05) is 6.92 Å². The topological polar surface area (TPSA) is 66.8 Å². The normalized spacial score (nSPS) is 24.8. The van der Waals surface area contributed by atoms with Crippen LogP contribution < -0.4 is 0 Å². The molecule has 0 aromatic carbocycles. The summed E-state index contributed by atoms with van der Waals surface area (Å²) in [5.41, 5.74) is 0. The van der Waals surface area contributed by atoms with Crippen LogP contribution in [-0.4, -0.2) is 48.7 Å². The van der Waals surface area contributed by atoms with Crippen LogP contribution in [0.1, 0.15) is 19.8 Å². The smallest absolute Gasteiger partial charge is 0.303 e. The van der Waals surface area contributed by atoms with Crippen LogP contribution in [0, 0.1) is 11.8 Å². The second-order valence-corrected chi connectivity index (χ2v) is 4.39. The first-order valence-electron chi connectivity index (χ1n) is 5.53. The zero-order valence-electron chi connectivity index (χ0n) is 9.81. The highest BCUT2D eigenvalue weighted by Gasteiger charge is 2.31. The number of carboxylic acids is 1. The Morgan fingerprint density at radius 2 is 2.06 bits per heavy atom. The third-order valence-corrected chi connectivity index (χ3v) is 3.05. The number of amides is 1. The molecule has 1 fully saturated rings. The predicted octanol–water partition coefficient (Wildman–Crippen LogP) is 0.592. The molecule has 1 N–H and O–H groups in total. The average molecular weight is 229 g/mol. The molecule has 16 heavy (non-hydrogen) atoms. The summed E-state index contributed by atoms with van der Waals surface area (Å²) < 4.78 is 5.09. The van der Waals surface area contributed by atoms with Gasteiger partial charge >= 0.3 is 5.97 Å². The summed E-state index contributed by atoms with van der Waals surface area (Å²) in [4.78, 5) is 23.8. The van der Waals surface area contributed by atoms with E-state index in [1.54, 1.807) is 12.0 Å². The molecule has 1 saturated heterocycles. The number of nitrogens with zero attached hydrogens (tertiary/aromatic N) is 1. The number of carbonyl (C=O) groups is 2. The number of hydrogen-bond donors (Lipinski definition) is 1. The molecule has 0 saturated carbocycles. The van der Waals surface area contributed by atoms with Crippen molar-refractivity contribution >= 4 is 11.9 Å².